The molecule has 0 bridgehead atoms. The fourth-order valence-electron chi connectivity index (χ4n) is 2.73. The lowest BCUT2D eigenvalue weighted by Crippen LogP contribution is -2.59. The van der Waals surface area contributed by atoms with Crippen LogP contribution in [0.15, 0.2) is 12.1 Å². The number of thioether (sulfide) groups is 1. The number of methoxy groups -OCH3 is 1. The highest BCUT2D eigenvalue weighted by atomic mass is 32.2. The van der Waals surface area contributed by atoms with E-state index in [1.807, 2.05) is 6.92 Å². The van der Waals surface area contributed by atoms with Crippen LogP contribution >= 0.6 is 24.0 Å². The predicted molar refractivity (Wildman–Crippen MR) is 88.2 cm³/mol. The number of phenolic OH excluding ortho intramolecular Hbond substituents is 1. The summed E-state index contributed by atoms with van der Waals surface area (Å²) in [6.07, 6.45) is 0.597. The molecule has 0 fully saturated rings. The van der Waals surface area contributed by atoms with Gasteiger partial charge in [0.15, 0.2) is 11.5 Å². The van der Waals surface area contributed by atoms with Crippen molar-refractivity contribution >= 4 is 34.3 Å². The number of carbonyl (C=O) groups excluding carboxylic acids is 1. The number of thiocarbonyl (C=S) groups is 1. The molecule has 1 N–H and O–H groups in total. The predicted octanol–water partition coefficient (Wildman–Crippen LogP) is 1.26. The van der Waals surface area contributed by atoms with Crippen LogP contribution in [0.1, 0.15) is 25.0 Å². The zero-order valence-electron chi connectivity index (χ0n) is 12.7. The number of rotatable bonds is 3. The second-order valence-electron chi connectivity index (χ2n) is 5.14. The number of benzene rings is 1. The standard InChI is InChI=1S/C15H19NO4S2/c1-4-22-14(21)16-6-5-9-7-11(17)12(20-3)8-10(9)15(16,2)13(18)19/h7-8,17H,4-6H2,1-3H3,(H,18,19)/p-1/t15-/m0/s1. The van der Waals surface area contributed by atoms with Gasteiger partial charge in [-0.05, 0) is 42.4 Å². The van der Waals surface area contributed by atoms with Gasteiger partial charge in [-0.25, -0.2) is 0 Å². The van der Waals surface area contributed by atoms with E-state index in [1.54, 1.807) is 24.0 Å². The Hall–Kier alpha value is -1.47. The second kappa shape index (κ2) is 6.34. The highest BCUT2D eigenvalue weighted by molar-refractivity contribution is 8.22. The zero-order valence-corrected chi connectivity index (χ0v) is 14.3. The highest BCUT2D eigenvalue weighted by Crippen LogP contribution is 2.41. The first kappa shape index (κ1) is 16.9. The number of carboxylic acid groups (broad SMARTS) is 1. The van der Waals surface area contributed by atoms with Crippen molar-refractivity contribution in [2.45, 2.75) is 25.8 Å². The van der Waals surface area contributed by atoms with Gasteiger partial charge in [-0.15, -0.1) is 0 Å². The van der Waals surface area contributed by atoms with E-state index in [1.165, 1.54) is 18.9 Å². The van der Waals surface area contributed by atoms with Gasteiger partial charge in [-0.2, -0.15) is 0 Å². The van der Waals surface area contributed by atoms with Crippen molar-refractivity contribution in [2.24, 2.45) is 0 Å². The van der Waals surface area contributed by atoms with Gasteiger partial charge in [0.2, 0.25) is 0 Å². The topological polar surface area (TPSA) is 72.8 Å². The molecule has 0 amide bonds. The molecule has 0 saturated carbocycles. The van der Waals surface area contributed by atoms with Gasteiger partial charge in [-0.1, -0.05) is 30.9 Å². The van der Waals surface area contributed by atoms with Gasteiger partial charge in [0.25, 0.3) is 0 Å². The van der Waals surface area contributed by atoms with Gasteiger partial charge in [-0.3, -0.25) is 0 Å². The monoisotopic (exact) mass is 340 g/mol. The van der Waals surface area contributed by atoms with Crippen LogP contribution in [0.4, 0.5) is 0 Å². The molecule has 120 valence electrons. The lowest BCUT2D eigenvalue weighted by atomic mass is 9.82. The van der Waals surface area contributed by atoms with Crippen molar-refractivity contribution in [3.63, 3.8) is 0 Å². The van der Waals surface area contributed by atoms with Crippen LogP contribution in [0.2, 0.25) is 0 Å². The van der Waals surface area contributed by atoms with Gasteiger partial charge in [0.05, 0.1) is 13.1 Å². The van der Waals surface area contributed by atoms with Gasteiger partial charge >= 0.3 is 0 Å². The molecule has 0 radical (unpaired) electrons. The summed E-state index contributed by atoms with van der Waals surface area (Å²) in [5, 5.41) is 21.8. The summed E-state index contributed by atoms with van der Waals surface area (Å²) in [5.74, 6) is -0.215. The molecule has 1 aromatic rings. The van der Waals surface area contributed by atoms with E-state index in [2.05, 4.69) is 0 Å². The molecule has 0 saturated heterocycles. The van der Waals surface area contributed by atoms with Crippen molar-refractivity contribution in [3.8, 4) is 11.5 Å². The van der Waals surface area contributed by atoms with Crippen LogP contribution in [-0.2, 0) is 16.8 Å². The number of fused-ring (bicyclic) bond motifs is 1. The van der Waals surface area contributed by atoms with E-state index >= 15 is 0 Å². The van der Waals surface area contributed by atoms with E-state index in [9.17, 15) is 15.0 Å². The quantitative estimate of drug-likeness (QED) is 0.831. The van der Waals surface area contributed by atoms with Crippen LogP contribution in [0.3, 0.4) is 0 Å². The van der Waals surface area contributed by atoms with Gasteiger partial charge < -0.3 is 24.6 Å². The van der Waals surface area contributed by atoms with E-state index < -0.39 is 11.5 Å². The van der Waals surface area contributed by atoms with Crippen molar-refractivity contribution in [1.82, 2.24) is 4.90 Å². The Kier molecular flexibility index (Phi) is 4.87. The Balaban J connectivity index is 2.59. The van der Waals surface area contributed by atoms with Crippen LogP contribution in [0.25, 0.3) is 0 Å². The molecule has 2 rings (SSSR count). The Morgan fingerprint density at radius 2 is 2.27 bits per heavy atom. The largest absolute Gasteiger partial charge is 0.547 e. The molecular weight excluding hydrogens is 322 g/mol. The normalized spacial score (nSPS) is 20.4. The number of hydrogen-bond donors (Lipinski definition) is 1. The molecule has 0 aliphatic carbocycles. The second-order valence-corrected chi connectivity index (χ2v) is 7.04. The molecule has 1 heterocycles. The Morgan fingerprint density at radius 3 is 2.82 bits per heavy atom. The number of aromatic hydroxyl groups is 1. The Labute approximate surface area is 139 Å². The minimum atomic E-state index is -1.38. The fourth-order valence-corrected chi connectivity index (χ4v) is 4.04. The summed E-state index contributed by atoms with van der Waals surface area (Å²) >= 11 is 6.81. The molecule has 22 heavy (non-hydrogen) atoms. The zero-order chi connectivity index (χ0) is 16.5. The molecule has 1 atom stereocenters. The number of aliphatic carboxylic acids is 1. The summed E-state index contributed by atoms with van der Waals surface area (Å²) in [6, 6.07) is 3.12. The lowest BCUT2D eigenvalue weighted by Gasteiger charge is -2.47. The molecule has 7 heteroatoms. The average Bonchev–Trinajstić information content (AvgIpc) is 2.47. The Morgan fingerprint density at radius 1 is 1.59 bits per heavy atom. The van der Waals surface area contributed by atoms with Crippen LogP contribution < -0.4 is 9.84 Å². The first-order valence-electron chi connectivity index (χ1n) is 6.92. The number of phenols is 1. The van der Waals surface area contributed by atoms with Crippen LogP contribution in [-0.4, -0.2) is 39.7 Å². The number of carbonyl (C=O) groups is 1. The molecule has 0 unspecified atom stereocenters. The van der Waals surface area contributed by atoms with Crippen LogP contribution in [0, 0.1) is 0 Å². The summed E-state index contributed by atoms with van der Waals surface area (Å²) < 4.78 is 5.64. The molecule has 0 aromatic heterocycles. The van der Waals surface area contributed by atoms with Crippen molar-refractivity contribution in [2.75, 3.05) is 19.4 Å². The lowest BCUT2D eigenvalue weighted by molar-refractivity contribution is -0.318. The summed E-state index contributed by atoms with van der Waals surface area (Å²) in [4.78, 5) is 13.6. The van der Waals surface area contributed by atoms with E-state index in [-0.39, 0.29) is 11.5 Å². The molecule has 5 nitrogen and oxygen atoms in total. The van der Waals surface area contributed by atoms with Gasteiger partial charge in [0, 0.05) is 6.54 Å². The first-order chi connectivity index (χ1) is 10.4. The minimum absolute atomic E-state index is 0.000840. The molecule has 1 aromatic carbocycles. The Bertz CT molecular complexity index is 620. The number of carboxylic acids is 1. The van der Waals surface area contributed by atoms with Gasteiger partial charge in [0.1, 0.15) is 9.86 Å². The van der Waals surface area contributed by atoms with Crippen LogP contribution in [0.5, 0.6) is 11.5 Å². The SMILES string of the molecule is CCSC(=S)N1CCc2cc(O)c(OC)cc2[C@@]1(C)C(=O)[O-]. The first-order valence-corrected chi connectivity index (χ1v) is 8.31. The number of hydrogen-bond acceptors (Lipinski definition) is 6. The van der Waals surface area contributed by atoms with E-state index in [4.69, 9.17) is 17.0 Å². The third-order valence-corrected chi connectivity index (χ3v) is 5.29. The summed E-state index contributed by atoms with van der Waals surface area (Å²) in [7, 11) is 1.43. The van der Waals surface area contributed by atoms with Crippen molar-refractivity contribution < 1.29 is 19.7 Å². The van der Waals surface area contributed by atoms with E-state index in [0.717, 1.165) is 11.3 Å². The third-order valence-electron chi connectivity index (χ3n) is 3.96. The molecular formula is C15H18NO4S2-. The molecule has 0 spiro atoms. The minimum Gasteiger partial charge on any atom is -0.547 e. The highest BCUT2D eigenvalue weighted by Gasteiger charge is 2.42. The smallest absolute Gasteiger partial charge is 0.160 e. The summed E-state index contributed by atoms with van der Waals surface area (Å²) in [5.41, 5.74) is -0.0635. The third kappa shape index (κ3) is 2.63. The maximum Gasteiger partial charge on any atom is 0.160 e. The maximum absolute atomic E-state index is 11.9. The molecule has 1 aliphatic rings. The number of nitrogens with zero attached hydrogens (tertiary/aromatic N) is 1. The van der Waals surface area contributed by atoms with Crippen molar-refractivity contribution in [1.29, 1.82) is 0 Å². The van der Waals surface area contributed by atoms with Crippen molar-refractivity contribution in [3.05, 3.63) is 23.3 Å². The number of ether oxygens (including phenoxy) is 1. The molecule has 1 aliphatic heterocycles. The maximum atomic E-state index is 11.9. The summed E-state index contributed by atoms with van der Waals surface area (Å²) in [6.45, 7) is 4.01. The average molecular weight is 340 g/mol. The fraction of sp³-hybridized carbons (Fsp3) is 0.467. The van der Waals surface area contributed by atoms with E-state index in [0.29, 0.717) is 22.8 Å².